The van der Waals surface area contributed by atoms with Crippen LogP contribution in [0, 0.1) is 0 Å². The van der Waals surface area contributed by atoms with E-state index in [1.54, 1.807) is 6.92 Å². The molecule has 0 saturated carbocycles. The highest BCUT2D eigenvalue weighted by atomic mass is 32.2. The zero-order chi connectivity index (χ0) is 14.4. The van der Waals surface area contributed by atoms with Crippen molar-refractivity contribution in [2.45, 2.75) is 42.1 Å². The van der Waals surface area contributed by atoms with E-state index in [4.69, 9.17) is 5.73 Å². The van der Waals surface area contributed by atoms with Gasteiger partial charge in [-0.15, -0.1) is 0 Å². The highest BCUT2D eigenvalue weighted by Gasteiger charge is 2.43. The Kier molecular flexibility index (Phi) is 3.38. The number of hydrogen-bond acceptors (Lipinski definition) is 3. The smallest absolute Gasteiger partial charge is 0.328 e. The van der Waals surface area contributed by atoms with Gasteiger partial charge in [-0.3, -0.25) is 0 Å². The van der Waals surface area contributed by atoms with Gasteiger partial charge in [0.25, 0.3) is 0 Å². The summed E-state index contributed by atoms with van der Waals surface area (Å²) in [5.41, 5.74) is 4.58. The standard InChI is InChI=1S/C12H14F3NO2S/c1-7(16)5-8-6-9-10(12(13,14)15)3-2-4-11(9)19(8,17)18/h2-4,7-8H,5-6,16H2,1H3. The highest BCUT2D eigenvalue weighted by Crippen LogP contribution is 2.41. The molecule has 1 heterocycles. The quantitative estimate of drug-likeness (QED) is 0.909. The van der Waals surface area contributed by atoms with Crippen molar-refractivity contribution in [3.8, 4) is 0 Å². The highest BCUT2D eigenvalue weighted by molar-refractivity contribution is 7.92. The third-order valence-electron chi connectivity index (χ3n) is 3.25. The van der Waals surface area contributed by atoms with Gasteiger partial charge in [0.2, 0.25) is 0 Å². The molecule has 1 aliphatic heterocycles. The molecule has 0 radical (unpaired) electrons. The second-order valence-corrected chi connectivity index (χ2v) is 7.06. The zero-order valence-electron chi connectivity index (χ0n) is 10.2. The molecule has 0 aromatic heterocycles. The van der Waals surface area contributed by atoms with Crippen molar-refractivity contribution in [1.82, 2.24) is 0 Å². The largest absolute Gasteiger partial charge is 0.416 e. The number of benzene rings is 1. The van der Waals surface area contributed by atoms with Crippen molar-refractivity contribution < 1.29 is 21.6 Å². The van der Waals surface area contributed by atoms with Gasteiger partial charge in [0, 0.05) is 6.04 Å². The molecule has 3 nitrogen and oxygen atoms in total. The first-order valence-electron chi connectivity index (χ1n) is 5.82. The Labute approximate surface area is 109 Å². The van der Waals surface area contributed by atoms with Gasteiger partial charge in [0.05, 0.1) is 15.7 Å². The molecular formula is C12H14F3NO2S. The van der Waals surface area contributed by atoms with Gasteiger partial charge in [-0.05, 0) is 37.5 Å². The maximum absolute atomic E-state index is 12.9. The molecule has 2 N–H and O–H groups in total. The van der Waals surface area contributed by atoms with E-state index in [1.165, 1.54) is 6.07 Å². The third kappa shape index (κ3) is 2.49. The minimum Gasteiger partial charge on any atom is -0.328 e. The Morgan fingerprint density at radius 2 is 2.05 bits per heavy atom. The molecule has 1 aromatic carbocycles. The van der Waals surface area contributed by atoms with Crippen molar-refractivity contribution in [3.05, 3.63) is 29.3 Å². The molecule has 2 atom stereocenters. The summed E-state index contributed by atoms with van der Waals surface area (Å²) in [6.45, 7) is 1.64. The Morgan fingerprint density at radius 3 is 2.58 bits per heavy atom. The molecule has 7 heteroatoms. The lowest BCUT2D eigenvalue weighted by Gasteiger charge is -2.12. The van der Waals surface area contributed by atoms with Crippen molar-refractivity contribution in [2.75, 3.05) is 0 Å². The van der Waals surface area contributed by atoms with Crippen LogP contribution in [0.2, 0.25) is 0 Å². The summed E-state index contributed by atoms with van der Waals surface area (Å²) < 4.78 is 62.9. The first-order valence-corrected chi connectivity index (χ1v) is 7.37. The van der Waals surface area contributed by atoms with Crippen LogP contribution in [0.25, 0.3) is 0 Å². The van der Waals surface area contributed by atoms with Gasteiger partial charge >= 0.3 is 6.18 Å². The molecule has 0 saturated heterocycles. The van der Waals surface area contributed by atoms with E-state index in [1.807, 2.05) is 0 Å². The number of alkyl halides is 3. The van der Waals surface area contributed by atoms with E-state index in [9.17, 15) is 21.6 Å². The van der Waals surface area contributed by atoms with Crippen molar-refractivity contribution in [3.63, 3.8) is 0 Å². The van der Waals surface area contributed by atoms with E-state index in [-0.39, 0.29) is 29.3 Å². The lowest BCUT2D eigenvalue weighted by Crippen LogP contribution is -2.27. The fraction of sp³-hybridized carbons (Fsp3) is 0.500. The molecule has 0 amide bonds. The Morgan fingerprint density at radius 1 is 1.42 bits per heavy atom. The van der Waals surface area contributed by atoms with E-state index in [0.717, 1.165) is 12.1 Å². The molecular weight excluding hydrogens is 279 g/mol. The predicted molar refractivity (Wildman–Crippen MR) is 64.4 cm³/mol. The molecule has 2 unspecified atom stereocenters. The van der Waals surface area contributed by atoms with Crippen LogP contribution >= 0.6 is 0 Å². The van der Waals surface area contributed by atoms with Crippen LogP contribution in [-0.2, 0) is 22.4 Å². The lowest BCUT2D eigenvalue weighted by atomic mass is 10.0. The van der Waals surface area contributed by atoms with E-state index in [2.05, 4.69) is 0 Å². The number of fused-ring (bicyclic) bond motifs is 1. The summed E-state index contributed by atoms with van der Waals surface area (Å²) in [4.78, 5) is -0.201. The van der Waals surface area contributed by atoms with Crippen molar-refractivity contribution in [1.29, 1.82) is 0 Å². The van der Waals surface area contributed by atoms with Crippen LogP contribution in [0.5, 0.6) is 0 Å². The summed E-state index contributed by atoms with van der Waals surface area (Å²) in [5, 5.41) is -0.856. The molecule has 19 heavy (non-hydrogen) atoms. The number of hydrogen-bond donors (Lipinski definition) is 1. The summed E-state index contributed by atoms with van der Waals surface area (Å²) in [6.07, 6.45) is -4.49. The van der Waals surface area contributed by atoms with E-state index in [0.29, 0.717) is 0 Å². The fourth-order valence-electron chi connectivity index (χ4n) is 2.45. The summed E-state index contributed by atoms with van der Waals surface area (Å²) in [7, 11) is -3.70. The Hall–Kier alpha value is -1.08. The predicted octanol–water partition coefficient (Wildman–Crippen LogP) is 2.14. The van der Waals surface area contributed by atoms with Crippen LogP contribution in [0.1, 0.15) is 24.5 Å². The van der Waals surface area contributed by atoms with Crippen LogP contribution in [0.15, 0.2) is 23.1 Å². The maximum Gasteiger partial charge on any atom is 0.416 e. The fourth-order valence-corrected chi connectivity index (χ4v) is 4.56. The Bertz CT molecular complexity index is 593. The second kappa shape index (κ2) is 4.49. The first-order chi connectivity index (χ1) is 8.64. The number of halogens is 3. The molecule has 0 bridgehead atoms. The van der Waals surface area contributed by atoms with Crippen LogP contribution < -0.4 is 5.73 Å². The molecule has 1 aliphatic rings. The summed E-state index contributed by atoms with van der Waals surface area (Å²) in [5.74, 6) is 0. The molecule has 106 valence electrons. The van der Waals surface area contributed by atoms with Gasteiger partial charge in [0.1, 0.15) is 0 Å². The molecule has 1 aromatic rings. The number of rotatable bonds is 2. The molecule has 0 fully saturated rings. The average molecular weight is 293 g/mol. The topological polar surface area (TPSA) is 60.2 Å². The second-order valence-electron chi connectivity index (χ2n) is 4.86. The summed E-state index contributed by atoms with van der Waals surface area (Å²) in [6, 6.07) is 2.92. The third-order valence-corrected chi connectivity index (χ3v) is 5.48. The van der Waals surface area contributed by atoms with E-state index >= 15 is 0 Å². The van der Waals surface area contributed by atoms with Crippen LogP contribution in [0.3, 0.4) is 0 Å². The first kappa shape index (κ1) is 14.3. The van der Waals surface area contributed by atoms with Gasteiger partial charge in [-0.2, -0.15) is 13.2 Å². The zero-order valence-corrected chi connectivity index (χ0v) is 11.1. The molecule has 0 spiro atoms. The van der Waals surface area contributed by atoms with E-state index < -0.39 is 26.8 Å². The van der Waals surface area contributed by atoms with Crippen LogP contribution in [0.4, 0.5) is 13.2 Å². The van der Waals surface area contributed by atoms with Gasteiger partial charge in [-0.1, -0.05) is 6.07 Å². The normalized spacial score (nSPS) is 23.1. The van der Waals surface area contributed by atoms with Gasteiger partial charge in [0.15, 0.2) is 9.84 Å². The van der Waals surface area contributed by atoms with Crippen molar-refractivity contribution >= 4 is 9.84 Å². The van der Waals surface area contributed by atoms with Gasteiger partial charge < -0.3 is 5.73 Å². The SMILES string of the molecule is CC(N)CC1Cc2c(C(F)(F)F)cccc2S1(=O)=O. The lowest BCUT2D eigenvalue weighted by molar-refractivity contribution is -0.138. The number of sulfone groups is 1. The average Bonchev–Trinajstić information content (AvgIpc) is 2.49. The molecule has 0 aliphatic carbocycles. The summed E-state index contributed by atoms with van der Waals surface area (Å²) >= 11 is 0. The molecule has 2 rings (SSSR count). The van der Waals surface area contributed by atoms with Gasteiger partial charge in [-0.25, -0.2) is 8.42 Å². The van der Waals surface area contributed by atoms with Crippen LogP contribution in [-0.4, -0.2) is 19.7 Å². The maximum atomic E-state index is 12.9. The minimum atomic E-state index is -4.54. The Balaban J connectivity index is 2.53. The minimum absolute atomic E-state index is 0.116. The number of nitrogens with two attached hydrogens (primary N) is 1. The monoisotopic (exact) mass is 293 g/mol. The van der Waals surface area contributed by atoms with Crippen molar-refractivity contribution in [2.24, 2.45) is 5.73 Å².